The van der Waals surface area contributed by atoms with Crippen molar-refractivity contribution in [2.45, 2.75) is 58.9 Å². The second kappa shape index (κ2) is 8.30. The molecule has 1 unspecified atom stereocenters. The molecule has 0 aliphatic carbocycles. The maximum Gasteiger partial charge on any atom is 0.0180 e. The second-order valence-electron chi connectivity index (χ2n) is 5.11. The van der Waals surface area contributed by atoms with Gasteiger partial charge in [-0.3, -0.25) is 0 Å². The Bertz CT molecular complexity index is 306. The Hall–Kier alpha value is -0.820. The number of rotatable bonds is 8. The average molecular weight is 233 g/mol. The van der Waals surface area contributed by atoms with Gasteiger partial charge in [-0.2, -0.15) is 0 Å². The molecule has 0 saturated heterocycles. The Morgan fingerprint density at radius 2 is 1.76 bits per heavy atom. The summed E-state index contributed by atoms with van der Waals surface area (Å²) in [5.41, 5.74) is 8.51. The summed E-state index contributed by atoms with van der Waals surface area (Å²) in [4.78, 5) is 0. The maximum atomic E-state index is 5.76. The highest BCUT2D eigenvalue weighted by Gasteiger charge is 2.05. The van der Waals surface area contributed by atoms with Gasteiger partial charge in [-0.05, 0) is 29.9 Å². The number of hydrogen-bond acceptors (Lipinski definition) is 1. The molecule has 1 aromatic carbocycles. The molecule has 1 nitrogen and oxygen atoms in total. The van der Waals surface area contributed by atoms with E-state index in [0.29, 0.717) is 6.54 Å². The van der Waals surface area contributed by atoms with E-state index >= 15 is 0 Å². The predicted octanol–water partition coefficient (Wildman–Crippen LogP) is 4.29. The third-order valence-corrected chi connectivity index (χ3v) is 3.55. The predicted molar refractivity (Wildman–Crippen MR) is 76.0 cm³/mol. The highest BCUT2D eigenvalue weighted by atomic mass is 14.5. The molecular formula is C16H27N. The quantitative estimate of drug-likeness (QED) is 0.666. The minimum Gasteiger partial charge on any atom is -0.326 e. The molecule has 0 spiro atoms. The molecule has 0 aromatic heterocycles. The van der Waals surface area contributed by atoms with Gasteiger partial charge in [0.1, 0.15) is 0 Å². The van der Waals surface area contributed by atoms with Crippen molar-refractivity contribution in [3.8, 4) is 0 Å². The van der Waals surface area contributed by atoms with Crippen LogP contribution in [0.25, 0.3) is 0 Å². The molecule has 0 radical (unpaired) electrons. The summed E-state index contributed by atoms with van der Waals surface area (Å²) in [5, 5.41) is 0. The first-order valence-corrected chi connectivity index (χ1v) is 7.04. The van der Waals surface area contributed by atoms with Crippen LogP contribution in [-0.4, -0.2) is 0 Å². The maximum absolute atomic E-state index is 5.76. The third kappa shape index (κ3) is 5.36. The molecular weight excluding hydrogens is 206 g/mol. The number of aryl methyl sites for hydroxylation is 1. The first-order chi connectivity index (χ1) is 8.27. The molecule has 0 aliphatic heterocycles. The van der Waals surface area contributed by atoms with E-state index < -0.39 is 0 Å². The Labute approximate surface area is 106 Å². The summed E-state index contributed by atoms with van der Waals surface area (Å²) in [6.07, 6.45) is 7.93. The molecule has 0 amide bonds. The topological polar surface area (TPSA) is 26.0 Å². The van der Waals surface area contributed by atoms with E-state index in [-0.39, 0.29) is 0 Å². The van der Waals surface area contributed by atoms with Gasteiger partial charge in [0, 0.05) is 6.54 Å². The van der Waals surface area contributed by atoms with Crippen LogP contribution >= 0.6 is 0 Å². The zero-order chi connectivity index (χ0) is 12.5. The standard InChI is InChI=1S/C16H27N/c1-3-4-5-8-14(2)11-12-15-9-6-7-10-16(15)13-17/h6-7,9-10,14H,3-5,8,11-13,17H2,1-2H3. The largest absolute Gasteiger partial charge is 0.326 e. The Kier molecular flexibility index (Phi) is 6.95. The lowest BCUT2D eigenvalue weighted by atomic mass is 9.94. The molecule has 1 atom stereocenters. The van der Waals surface area contributed by atoms with Crippen molar-refractivity contribution in [2.24, 2.45) is 11.7 Å². The van der Waals surface area contributed by atoms with Crippen LogP contribution < -0.4 is 5.73 Å². The lowest BCUT2D eigenvalue weighted by molar-refractivity contribution is 0.464. The Balaban J connectivity index is 2.33. The van der Waals surface area contributed by atoms with Crippen LogP contribution in [0, 0.1) is 5.92 Å². The second-order valence-corrected chi connectivity index (χ2v) is 5.11. The zero-order valence-electron chi connectivity index (χ0n) is 11.4. The number of unbranched alkanes of at least 4 members (excludes halogenated alkanes) is 2. The zero-order valence-corrected chi connectivity index (χ0v) is 11.4. The normalized spacial score (nSPS) is 12.6. The van der Waals surface area contributed by atoms with Crippen LogP contribution in [-0.2, 0) is 13.0 Å². The molecule has 1 heteroatoms. The molecule has 0 aliphatic rings. The SMILES string of the molecule is CCCCCC(C)CCc1ccccc1CN. The summed E-state index contributed by atoms with van der Waals surface area (Å²) in [6.45, 7) is 5.31. The van der Waals surface area contributed by atoms with E-state index in [1.165, 1.54) is 49.7 Å². The fourth-order valence-electron chi connectivity index (χ4n) is 2.29. The molecule has 1 aromatic rings. The lowest BCUT2D eigenvalue weighted by Gasteiger charge is -2.12. The van der Waals surface area contributed by atoms with Gasteiger partial charge in [-0.15, -0.1) is 0 Å². The van der Waals surface area contributed by atoms with Crippen LogP contribution in [0.2, 0.25) is 0 Å². The number of nitrogens with two attached hydrogens (primary N) is 1. The van der Waals surface area contributed by atoms with E-state index in [9.17, 15) is 0 Å². The fourth-order valence-corrected chi connectivity index (χ4v) is 2.29. The molecule has 2 N–H and O–H groups in total. The van der Waals surface area contributed by atoms with Crippen LogP contribution in [0.4, 0.5) is 0 Å². The van der Waals surface area contributed by atoms with Gasteiger partial charge in [-0.1, -0.05) is 63.8 Å². The molecule has 0 heterocycles. The smallest absolute Gasteiger partial charge is 0.0180 e. The monoisotopic (exact) mass is 233 g/mol. The van der Waals surface area contributed by atoms with Crippen molar-refractivity contribution in [1.82, 2.24) is 0 Å². The van der Waals surface area contributed by atoms with Crippen molar-refractivity contribution in [3.05, 3.63) is 35.4 Å². The van der Waals surface area contributed by atoms with Crippen molar-refractivity contribution in [1.29, 1.82) is 0 Å². The summed E-state index contributed by atoms with van der Waals surface area (Å²) >= 11 is 0. The van der Waals surface area contributed by atoms with Gasteiger partial charge in [0.2, 0.25) is 0 Å². The average Bonchev–Trinajstić information content (AvgIpc) is 2.37. The van der Waals surface area contributed by atoms with E-state index in [4.69, 9.17) is 5.73 Å². The molecule has 1 rings (SSSR count). The lowest BCUT2D eigenvalue weighted by Crippen LogP contribution is -2.03. The minimum absolute atomic E-state index is 0.667. The van der Waals surface area contributed by atoms with E-state index in [1.54, 1.807) is 0 Å². The molecule has 0 fully saturated rings. The van der Waals surface area contributed by atoms with Crippen LogP contribution in [0.5, 0.6) is 0 Å². The Morgan fingerprint density at radius 3 is 2.41 bits per heavy atom. The van der Waals surface area contributed by atoms with Crippen molar-refractivity contribution in [3.63, 3.8) is 0 Å². The molecule has 0 saturated carbocycles. The van der Waals surface area contributed by atoms with E-state index in [2.05, 4.69) is 38.1 Å². The van der Waals surface area contributed by atoms with Crippen LogP contribution in [0.15, 0.2) is 24.3 Å². The van der Waals surface area contributed by atoms with Crippen LogP contribution in [0.3, 0.4) is 0 Å². The summed E-state index contributed by atoms with van der Waals surface area (Å²) in [7, 11) is 0. The number of hydrogen-bond donors (Lipinski definition) is 1. The van der Waals surface area contributed by atoms with E-state index in [1.807, 2.05) is 0 Å². The first kappa shape index (κ1) is 14.2. The highest BCUT2D eigenvalue weighted by Crippen LogP contribution is 2.18. The van der Waals surface area contributed by atoms with Gasteiger partial charge >= 0.3 is 0 Å². The molecule has 17 heavy (non-hydrogen) atoms. The molecule has 96 valence electrons. The van der Waals surface area contributed by atoms with Gasteiger partial charge in [0.15, 0.2) is 0 Å². The van der Waals surface area contributed by atoms with Crippen LogP contribution in [0.1, 0.15) is 57.1 Å². The summed E-state index contributed by atoms with van der Waals surface area (Å²) in [6, 6.07) is 8.57. The highest BCUT2D eigenvalue weighted by molar-refractivity contribution is 5.26. The number of benzene rings is 1. The van der Waals surface area contributed by atoms with Crippen molar-refractivity contribution < 1.29 is 0 Å². The van der Waals surface area contributed by atoms with Gasteiger partial charge in [0.25, 0.3) is 0 Å². The third-order valence-electron chi connectivity index (χ3n) is 3.55. The van der Waals surface area contributed by atoms with E-state index in [0.717, 1.165) is 5.92 Å². The fraction of sp³-hybridized carbons (Fsp3) is 0.625. The Morgan fingerprint density at radius 1 is 1.06 bits per heavy atom. The minimum atomic E-state index is 0.667. The van der Waals surface area contributed by atoms with Gasteiger partial charge in [-0.25, -0.2) is 0 Å². The van der Waals surface area contributed by atoms with Crippen molar-refractivity contribution >= 4 is 0 Å². The molecule has 0 bridgehead atoms. The van der Waals surface area contributed by atoms with Crippen molar-refractivity contribution in [2.75, 3.05) is 0 Å². The summed E-state index contributed by atoms with van der Waals surface area (Å²) in [5.74, 6) is 0.840. The van der Waals surface area contributed by atoms with Gasteiger partial charge in [0.05, 0.1) is 0 Å². The van der Waals surface area contributed by atoms with Gasteiger partial charge < -0.3 is 5.73 Å². The summed E-state index contributed by atoms with van der Waals surface area (Å²) < 4.78 is 0. The first-order valence-electron chi connectivity index (χ1n) is 7.04.